The molecule has 2 rings (SSSR count). The maximum atomic E-state index is 11.8. The Kier molecular flexibility index (Phi) is 5.37. The molecule has 0 bridgehead atoms. The number of hydrogen-bond acceptors (Lipinski definition) is 5. The van der Waals surface area contributed by atoms with Gasteiger partial charge in [-0.05, 0) is 23.8 Å². The number of sulfone groups is 1. The highest BCUT2D eigenvalue weighted by atomic mass is 35.5. The van der Waals surface area contributed by atoms with E-state index in [2.05, 4.69) is 0 Å². The molecule has 6 nitrogen and oxygen atoms in total. The minimum atomic E-state index is -3.74. The van der Waals surface area contributed by atoms with Crippen LogP contribution in [0.1, 0.15) is 5.56 Å². The summed E-state index contributed by atoms with van der Waals surface area (Å²) in [6.45, 7) is 0.230. The average Bonchev–Trinajstić information content (AvgIpc) is 2.50. The van der Waals surface area contributed by atoms with E-state index in [0.29, 0.717) is 15.6 Å². The predicted octanol–water partition coefficient (Wildman–Crippen LogP) is 3.94. The first-order valence-corrected chi connectivity index (χ1v) is 9.39. The van der Waals surface area contributed by atoms with E-state index < -0.39 is 20.4 Å². The van der Waals surface area contributed by atoms with Crippen molar-refractivity contribution >= 4 is 44.4 Å². The van der Waals surface area contributed by atoms with E-state index in [9.17, 15) is 18.5 Å². The Morgan fingerprint density at radius 3 is 2.38 bits per heavy atom. The van der Waals surface area contributed by atoms with Crippen molar-refractivity contribution in [1.29, 1.82) is 0 Å². The van der Waals surface area contributed by atoms with E-state index in [1.165, 1.54) is 18.2 Å². The Balaban J connectivity index is 2.52. The summed E-state index contributed by atoms with van der Waals surface area (Å²) in [5.74, 6) is 0. The second-order valence-corrected chi connectivity index (χ2v) is 7.99. The first kappa shape index (κ1) is 18.5. The number of halogens is 2. The van der Waals surface area contributed by atoms with Crippen LogP contribution < -0.4 is 4.90 Å². The van der Waals surface area contributed by atoms with Gasteiger partial charge in [0.25, 0.3) is 0 Å². The molecular weight excluding hydrogens is 375 g/mol. The molecule has 0 atom stereocenters. The molecule has 0 aliphatic carbocycles. The van der Waals surface area contributed by atoms with E-state index in [1.807, 2.05) is 0 Å². The van der Waals surface area contributed by atoms with E-state index >= 15 is 0 Å². The Hall–Kier alpha value is -1.83. The summed E-state index contributed by atoms with van der Waals surface area (Å²) in [5, 5.41) is 12.2. The standard InChI is InChI=1S/C15H14Cl2N2O4S/c1-18(9-10-5-3-6-11(16)14(10)17)12-7-4-8-13(24(2,22)23)15(12)19(20)21/h3-8H,9H2,1-2H3. The Labute approximate surface area is 149 Å². The van der Waals surface area contributed by atoms with Crippen LogP contribution in [0.3, 0.4) is 0 Å². The van der Waals surface area contributed by atoms with Gasteiger partial charge in [0.05, 0.1) is 15.0 Å². The molecule has 9 heteroatoms. The van der Waals surface area contributed by atoms with Gasteiger partial charge in [0.2, 0.25) is 0 Å². The summed E-state index contributed by atoms with van der Waals surface area (Å²) in [7, 11) is -2.12. The lowest BCUT2D eigenvalue weighted by molar-refractivity contribution is -0.387. The van der Waals surface area contributed by atoms with E-state index in [1.54, 1.807) is 30.1 Å². The van der Waals surface area contributed by atoms with Crippen LogP contribution in [0.4, 0.5) is 11.4 Å². The lowest BCUT2D eigenvalue weighted by atomic mass is 10.2. The molecule has 0 aliphatic rings. The van der Waals surface area contributed by atoms with Gasteiger partial charge in [0.15, 0.2) is 9.84 Å². The SMILES string of the molecule is CN(Cc1cccc(Cl)c1Cl)c1cccc(S(C)(=O)=O)c1[N+](=O)[O-]. The molecule has 0 spiro atoms. The van der Waals surface area contributed by atoms with Crippen LogP contribution in [0.25, 0.3) is 0 Å². The second-order valence-electron chi connectivity index (χ2n) is 5.22. The second kappa shape index (κ2) is 6.96. The van der Waals surface area contributed by atoms with Crippen LogP contribution in [0.5, 0.6) is 0 Å². The van der Waals surface area contributed by atoms with Crippen molar-refractivity contribution in [2.75, 3.05) is 18.2 Å². The van der Waals surface area contributed by atoms with Crippen LogP contribution >= 0.6 is 23.2 Å². The number of nitro benzene ring substituents is 1. The summed E-state index contributed by atoms with van der Waals surface area (Å²) >= 11 is 12.1. The first-order chi connectivity index (χ1) is 11.1. The lowest BCUT2D eigenvalue weighted by Gasteiger charge is -2.21. The van der Waals surface area contributed by atoms with Crippen LogP contribution in [0.15, 0.2) is 41.3 Å². The molecule has 0 aliphatic heterocycles. The molecule has 0 heterocycles. The smallest absolute Gasteiger partial charge is 0.311 e. The van der Waals surface area contributed by atoms with Crippen molar-refractivity contribution < 1.29 is 13.3 Å². The van der Waals surface area contributed by atoms with Gasteiger partial charge in [-0.3, -0.25) is 10.1 Å². The number of nitro groups is 1. The summed E-state index contributed by atoms with van der Waals surface area (Å²) in [6, 6.07) is 9.28. The maximum absolute atomic E-state index is 11.8. The van der Waals surface area contributed by atoms with Gasteiger partial charge < -0.3 is 4.90 Å². The van der Waals surface area contributed by atoms with Crippen molar-refractivity contribution in [1.82, 2.24) is 0 Å². The van der Waals surface area contributed by atoms with Gasteiger partial charge in [-0.25, -0.2) is 8.42 Å². The minimum Gasteiger partial charge on any atom is -0.365 e. The topological polar surface area (TPSA) is 80.5 Å². The van der Waals surface area contributed by atoms with Gasteiger partial charge in [0, 0.05) is 19.8 Å². The zero-order valence-electron chi connectivity index (χ0n) is 12.9. The Morgan fingerprint density at radius 1 is 1.17 bits per heavy atom. The van der Waals surface area contributed by atoms with Crippen molar-refractivity contribution in [2.45, 2.75) is 11.4 Å². The highest BCUT2D eigenvalue weighted by molar-refractivity contribution is 7.90. The van der Waals surface area contributed by atoms with E-state index in [-0.39, 0.29) is 17.1 Å². The summed E-state index contributed by atoms with van der Waals surface area (Å²) in [6.07, 6.45) is 0.937. The van der Waals surface area contributed by atoms with Crippen LogP contribution in [-0.2, 0) is 16.4 Å². The van der Waals surface area contributed by atoms with Crippen molar-refractivity contribution in [2.24, 2.45) is 0 Å². The zero-order valence-corrected chi connectivity index (χ0v) is 15.2. The van der Waals surface area contributed by atoms with Crippen molar-refractivity contribution in [3.8, 4) is 0 Å². The fourth-order valence-corrected chi connectivity index (χ4v) is 3.55. The molecule has 0 saturated heterocycles. The summed E-state index contributed by atoms with van der Waals surface area (Å²) in [4.78, 5) is 12.0. The third kappa shape index (κ3) is 3.80. The highest BCUT2D eigenvalue weighted by Crippen LogP contribution is 2.35. The number of nitrogens with zero attached hydrogens (tertiary/aromatic N) is 2. The number of hydrogen-bond donors (Lipinski definition) is 0. The zero-order chi connectivity index (χ0) is 18.1. The average molecular weight is 389 g/mol. The molecule has 0 fully saturated rings. The Morgan fingerprint density at radius 2 is 1.79 bits per heavy atom. The molecule has 24 heavy (non-hydrogen) atoms. The van der Waals surface area contributed by atoms with Crippen LogP contribution in [0.2, 0.25) is 10.0 Å². The molecule has 0 aromatic heterocycles. The van der Waals surface area contributed by atoms with Crippen molar-refractivity contribution in [3.05, 3.63) is 62.1 Å². The molecule has 0 saturated carbocycles. The molecule has 128 valence electrons. The number of anilines is 1. The summed E-state index contributed by atoms with van der Waals surface area (Å²) < 4.78 is 23.7. The number of para-hydroxylation sites is 1. The quantitative estimate of drug-likeness (QED) is 0.572. The third-order valence-corrected chi connectivity index (χ3v) is 5.40. The highest BCUT2D eigenvalue weighted by Gasteiger charge is 2.28. The third-order valence-electron chi connectivity index (χ3n) is 3.41. The largest absolute Gasteiger partial charge is 0.365 e. The van der Waals surface area contributed by atoms with Crippen LogP contribution in [0, 0.1) is 10.1 Å². The van der Waals surface area contributed by atoms with Crippen LogP contribution in [-0.4, -0.2) is 26.6 Å². The monoisotopic (exact) mass is 388 g/mol. The predicted molar refractivity (Wildman–Crippen MR) is 94.8 cm³/mol. The molecule has 2 aromatic carbocycles. The van der Waals surface area contributed by atoms with Gasteiger partial charge in [-0.2, -0.15) is 0 Å². The Bertz CT molecular complexity index is 900. The van der Waals surface area contributed by atoms with Gasteiger partial charge in [0.1, 0.15) is 10.6 Å². The minimum absolute atomic E-state index is 0.180. The maximum Gasteiger partial charge on any atom is 0.311 e. The normalized spacial score (nSPS) is 11.3. The summed E-state index contributed by atoms with van der Waals surface area (Å²) in [5.41, 5.74) is 0.394. The molecule has 0 N–H and O–H groups in total. The van der Waals surface area contributed by atoms with Gasteiger partial charge in [-0.15, -0.1) is 0 Å². The number of rotatable bonds is 5. The fraction of sp³-hybridized carbons (Fsp3) is 0.200. The van der Waals surface area contributed by atoms with Crippen molar-refractivity contribution in [3.63, 3.8) is 0 Å². The molecule has 0 radical (unpaired) electrons. The molecule has 0 unspecified atom stereocenters. The molecule has 2 aromatic rings. The first-order valence-electron chi connectivity index (χ1n) is 6.74. The van der Waals surface area contributed by atoms with E-state index in [0.717, 1.165) is 6.26 Å². The van der Waals surface area contributed by atoms with Gasteiger partial charge in [-0.1, -0.05) is 41.4 Å². The molecule has 0 amide bonds. The van der Waals surface area contributed by atoms with Gasteiger partial charge >= 0.3 is 5.69 Å². The number of benzene rings is 2. The fourth-order valence-electron chi connectivity index (χ4n) is 2.31. The van der Waals surface area contributed by atoms with E-state index in [4.69, 9.17) is 23.2 Å². The molecular formula is C15H14Cl2N2O4S. The lowest BCUT2D eigenvalue weighted by Crippen LogP contribution is -2.19.